The number of carbonyl (C=O) groups excluding carboxylic acids is 1. The summed E-state index contributed by atoms with van der Waals surface area (Å²) < 4.78 is 0. The first-order chi connectivity index (χ1) is 8.93. The van der Waals surface area contributed by atoms with Crippen LogP contribution in [0, 0.1) is 5.92 Å². The molecule has 1 aromatic carbocycles. The van der Waals surface area contributed by atoms with Gasteiger partial charge in [-0.05, 0) is 24.1 Å². The molecule has 0 radical (unpaired) electrons. The first-order valence-electron chi connectivity index (χ1n) is 5.92. The average molecular weight is 286 g/mol. The molecule has 0 aliphatic heterocycles. The standard InChI is InChI=1S/C13H16ClNO4/c1-2-8(5-12(17)18)7-15-13(19)10-6-9(16)3-4-11(10)14/h3-4,6,8,16H,2,5,7H2,1H3,(H,15,19)(H,17,18). The quantitative estimate of drug-likeness (QED) is 0.748. The van der Waals surface area contributed by atoms with Crippen molar-refractivity contribution < 1.29 is 19.8 Å². The Bertz CT molecular complexity index is 476. The number of amides is 1. The highest BCUT2D eigenvalue weighted by Crippen LogP contribution is 2.21. The summed E-state index contributed by atoms with van der Waals surface area (Å²) in [6, 6.07) is 4.09. The first-order valence-corrected chi connectivity index (χ1v) is 6.30. The van der Waals surface area contributed by atoms with E-state index in [0.29, 0.717) is 6.42 Å². The third-order valence-electron chi connectivity index (χ3n) is 2.79. The molecule has 104 valence electrons. The van der Waals surface area contributed by atoms with Gasteiger partial charge in [0.25, 0.3) is 5.91 Å². The molecule has 5 nitrogen and oxygen atoms in total. The predicted octanol–water partition coefficient (Wildman–Crippen LogP) is 2.28. The van der Waals surface area contributed by atoms with E-state index in [1.54, 1.807) is 0 Å². The van der Waals surface area contributed by atoms with E-state index in [2.05, 4.69) is 5.32 Å². The molecular weight excluding hydrogens is 270 g/mol. The molecule has 6 heteroatoms. The van der Waals surface area contributed by atoms with Crippen molar-refractivity contribution in [2.45, 2.75) is 19.8 Å². The molecule has 0 aliphatic carbocycles. The highest BCUT2D eigenvalue weighted by molar-refractivity contribution is 6.33. The Balaban J connectivity index is 2.64. The highest BCUT2D eigenvalue weighted by Gasteiger charge is 2.15. The van der Waals surface area contributed by atoms with Gasteiger partial charge in [0.2, 0.25) is 0 Å². The Kier molecular flexibility index (Phi) is 5.63. The zero-order valence-electron chi connectivity index (χ0n) is 10.5. The highest BCUT2D eigenvalue weighted by atomic mass is 35.5. The minimum atomic E-state index is -0.892. The van der Waals surface area contributed by atoms with Crippen LogP contribution in [0.15, 0.2) is 18.2 Å². The van der Waals surface area contributed by atoms with Crippen molar-refractivity contribution >= 4 is 23.5 Å². The maximum atomic E-state index is 11.9. The number of carbonyl (C=O) groups is 2. The third-order valence-corrected chi connectivity index (χ3v) is 3.12. The fourth-order valence-electron chi connectivity index (χ4n) is 1.63. The number of rotatable bonds is 6. The van der Waals surface area contributed by atoms with Crippen molar-refractivity contribution in [2.24, 2.45) is 5.92 Å². The van der Waals surface area contributed by atoms with Crippen LogP contribution in [0.2, 0.25) is 5.02 Å². The lowest BCUT2D eigenvalue weighted by Gasteiger charge is -2.14. The Morgan fingerprint density at radius 2 is 2.11 bits per heavy atom. The number of phenolic OH excluding ortho intramolecular Hbond substituents is 1. The number of halogens is 1. The fraction of sp³-hybridized carbons (Fsp3) is 0.385. The molecule has 0 fully saturated rings. The van der Waals surface area contributed by atoms with Crippen LogP contribution in [0.3, 0.4) is 0 Å². The van der Waals surface area contributed by atoms with Crippen molar-refractivity contribution in [1.29, 1.82) is 0 Å². The molecule has 0 bridgehead atoms. The summed E-state index contributed by atoms with van der Waals surface area (Å²) in [4.78, 5) is 22.5. The Morgan fingerprint density at radius 3 is 2.68 bits per heavy atom. The number of aliphatic carboxylic acids is 1. The van der Waals surface area contributed by atoms with E-state index in [9.17, 15) is 14.7 Å². The lowest BCUT2D eigenvalue weighted by molar-refractivity contribution is -0.138. The molecular formula is C13H16ClNO4. The van der Waals surface area contributed by atoms with E-state index in [-0.39, 0.29) is 35.2 Å². The SMILES string of the molecule is CCC(CNC(=O)c1cc(O)ccc1Cl)CC(=O)O. The van der Waals surface area contributed by atoms with Gasteiger partial charge >= 0.3 is 5.97 Å². The maximum absolute atomic E-state index is 11.9. The molecule has 0 aliphatic rings. The van der Waals surface area contributed by atoms with Crippen LogP contribution in [-0.2, 0) is 4.79 Å². The zero-order chi connectivity index (χ0) is 14.4. The van der Waals surface area contributed by atoms with Crippen molar-refractivity contribution in [3.05, 3.63) is 28.8 Å². The number of hydrogen-bond donors (Lipinski definition) is 3. The van der Waals surface area contributed by atoms with Gasteiger partial charge in [0.05, 0.1) is 10.6 Å². The minimum Gasteiger partial charge on any atom is -0.508 e. The van der Waals surface area contributed by atoms with Crippen LogP contribution in [0.1, 0.15) is 30.1 Å². The number of carboxylic acid groups (broad SMARTS) is 1. The first kappa shape index (κ1) is 15.3. The molecule has 1 aromatic rings. The summed E-state index contributed by atoms with van der Waals surface area (Å²) in [7, 11) is 0. The molecule has 19 heavy (non-hydrogen) atoms. The van der Waals surface area contributed by atoms with E-state index < -0.39 is 11.9 Å². The van der Waals surface area contributed by atoms with Crippen LogP contribution < -0.4 is 5.32 Å². The number of benzene rings is 1. The van der Waals surface area contributed by atoms with E-state index >= 15 is 0 Å². The Labute approximate surface area is 116 Å². The van der Waals surface area contributed by atoms with Gasteiger partial charge in [-0.3, -0.25) is 9.59 Å². The van der Waals surface area contributed by atoms with Gasteiger partial charge in [-0.15, -0.1) is 0 Å². The largest absolute Gasteiger partial charge is 0.508 e. The molecule has 1 amide bonds. The summed E-state index contributed by atoms with van der Waals surface area (Å²) in [5.41, 5.74) is 0.173. The second-order valence-corrected chi connectivity index (χ2v) is 4.65. The molecule has 0 saturated heterocycles. The van der Waals surface area contributed by atoms with Gasteiger partial charge in [0.15, 0.2) is 0 Å². The molecule has 1 atom stereocenters. The second kappa shape index (κ2) is 6.99. The van der Waals surface area contributed by atoms with Gasteiger partial charge in [-0.1, -0.05) is 24.9 Å². The smallest absolute Gasteiger partial charge is 0.303 e. The van der Waals surface area contributed by atoms with Gasteiger partial charge in [-0.25, -0.2) is 0 Å². The number of aromatic hydroxyl groups is 1. The van der Waals surface area contributed by atoms with Crippen LogP contribution in [0.5, 0.6) is 5.75 Å². The van der Waals surface area contributed by atoms with E-state index in [1.165, 1.54) is 18.2 Å². The normalized spacial score (nSPS) is 11.9. The van der Waals surface area contributed by atoms with Crippen LogP contribution in [0.4, 0.5) is 0 Å². The molecule has 1 unspecified atom stereocenters. The summed E-state index contributed by atoms with van der Waals surface area (Å²) >= 11 is 5.86. The topological polar surface area (TPSA) is 86.6 Å². The zero-order valence-corrected chi connectivity index (χ0v) is 11.3. The van der Waals surface area contributed by atoms with Gasteiger partial charge in [-0.2, -0.15) is 0 Å². The van der Waals surface area contributed by atoms with Gasteiger partial charge < -0.3 is 15.5 Å². The number of carboxylic acids is 1. The maximum Gasteiger partial charge on any atom is 0.303 e. The third kappa shape index (κ3) is 4.79. The van der Waals surface area contributed by atoms with Crippen LogP contribution >= 0.6 is 11.6 Å². The van der Waals surface area contributed by atoms with E-state index in [4.69, 9.17) is 16.7 Å². The summed E-state index contributed by atoms with van der Waals surface area (Å²) in [6.07, 6.45) is 0.658. The summed E-state index contributed by atoms with van der Waals surface area (Å²) in [5.74, 6) is -1.49. The van der Waals surface area contributed by atoms with Crippen molar-refractivity contribution in [2.75, 3.05) is 6.54 Å². The fourth-order valence-corrected chi connectivity index (χ4v) is 1.83. The van der Waals surface area contributed by atoms with Crippen LogP contribution in [-0.4, -0.2) is 28.6 Å². The average Bonchev–Trinajstić information content (AvgIpc) is 2.36. The monoisotopic (exact) mass is 285 g/mol. The number of nitrogens with one attached hydrogen (secondary N) is 1. The molecule has 0 spiro atoms. The van der Waals surface area contributed by atoms with Gasteiger partial charge in [0, 0.05) is 13.0 Å². The summed E-state index contributed by atoms with van der Waals surface area (Å²) in [5, 5.41) is 20.9. The number of phenols is 1. The molecule has 0 saturated carbocycles. The summed E-state index contributed by atoms with van der Waals surface area (Å²) in [6.45, 7) is 2.12. The van der Waals surface area contributed by atoms with E-state index in [0.717, 1.165) is 0 Å². The lowest BCUT2D eigenvalue weighted by Crippen LogP contribution is -2.30. The van der Waals surface area contributed by atoms with Crippen LogP contribution in [0.25, 0.3) is 0 Å². The minimum absolute atomic E-state index is 0.00452. The Hall–Kier alpha value is -1.75. The molecule has 0 aromatic heterocycles. The second-order valence-electron chi connectivity index (χ2n) is 4.25. The van der Waals surface area contributed by atoms with Crippen molar-refractivity contribution in [3.8, 4) is 5.75 Å². The molecule has 0 heterocycles. The molecule has 3 N–H and O–H groups in total. The Morgan fingerprint density at radius 1 is 1.42 bits per heavy atom. The van der Waals surface area contributed by atoms with Crippen molar-refractivity contribution in [3.63, 3.8) is 0 Å². The lowest BCUT2D eigenvalue weighted by atomic mass is 10.0. The van der Waals surface area contributed by atoms with Crippen molar-refractivity contribution in [1.82, 2.24) is 5.32 Å². The predicted molar refractivity (Wildman–Crippen MR) is 71.5 cm³/mol. The number of hydrogen-bond acceptors (Lipinski definition) is 3. The van der Waals surface area contributed by atoms with Gasteiger partial charge in [0.1, 0.15) is 5.75 Å². The van der Waals surface area contributed by atoms with E-state index in [1.807, 2.05) is 6.92 Å². The molecule has 1 rings (SSSR count).